The second-order valence-electron chi connectivity index (χ2n) is 6.50. The van der Waals surface area contributed by atoms with E-state index in [9.17, 15) is 13.2 Å². The van der Waals surface area contributed by atoms with Gasteiger partial charge in [-0.05, 0) is 31.2 Å². The first-order valence-corrected chi connectivity index (χ1v) is 11.3. The molecule has 0 unspecified atom stereocenters. The summed E-state index contributed by atoms with van der Waals surface area (Å²) in [6.45, 7) is 2.96. The summed E-state index contributed by atoms with van der Waals surface area (Å²) in [7, 11) is -0.458. The number of thiazole rings is 1. The van der Waals surface area contributed by atoms with E-state index in [2.05, 4.69) is 10.3 Å². The zero-order chi connectivity index (χ0) is 21.0. The Hall–Kier alpha value is -2.21. The summed E-state index contributed by atoms with van der Waals surface area (Å²) < 4.78 is 38.0. The van der Waals surface area contributed by atoms with Crippen molar-refractivity contribution in [1.29, 1.82) is 0 Å². The van der Waals surface area contributed by atoms with Crippen molar-refractivity contribution in [1.82, 2.24) is 13.6 Å². The van der Waals surface area contributed by atoms with E-state index in [4.69, 9.17) is 9.47 Å². The van der Waals surface area contributed by atoms with E-state index in [1.807, 2.05) is 6.92 Å². The standard InChI is InChI=1S/C18H24N4O5S2/c1-4-26-13-5-7-14(8-6-13)27-12-17(23)20-18-19-15-9-10-22(11-16(15)28-18)29(24,25)21(2)3/h5-8H,4,9-12H2,1-3H3,(H,19,20,23). The van der Waals surface area contributed by atoms with Crippen molar-refractivity contribution in [3.8, 4) is 11.5 Å². The minimum atomic E-state index is -3.47. The fourth-order valence-corrected chi connectivity index (χ4v) is 4.95. The zero-order valence-corrected chi connectivity index (χ0v) is 18.2. The molecular formula is C18H24N4O5S2. The highest BCUT2D eigenvalue weighted by atomic mass is 32.2. The van der Waals surface area contributed by atoms with Crippen molar-refractivity contribution < 1.29 is 22.7 Å². The Bertz CT molecular complexity index is 957. The Kier molecular flexibility index (Phi) is 6.73. The number of carbonyl (C=O) groups excluding carboxylic acids is 1. The van der Waals surface area contributed by atoms with Crippen LogP contribution in [0.1, 0.15) is 17.5 Å². The SMILES string of the molecule is CCOc1ccc(OCC(=O)Nc2nc3c(s2)CN(S(=O)(=O)N(C)C)CC3)cc1. The molecule has 0 bridgehead atoms. The smallest absolute Gasteiger partial charge is 0.281 e. The molecule has 0 aliphatic carbocycles. The van der Waals surface area contributed by atoms with Crippen LogP contribution in [0.2, 0.25) is 0 Å². The van der Waals surface area contributed by atoms with Crippen molar-refractivity contribution in [3.05, 3.63) is 34.8 Å². The van der Waals surface area contributed by atoms with Crippen molar-refractivity contribution in [2.24, 2.45) is 0 Å². The normalized spacial score (nSPS) is 14.5. The summed E-state index contributed by atoms with van der Waals surface area (Å²) in [4.78, 5) is 17.4. The van der Waals surface area contributed by atoms with Crippen LogP contribution >= 0.6 is 11.3 Å². The number of anilines is 1. The highest BCUT2D eigenvalue weighted by Gasteiger charge is 2.30. The van der Waals surface area contributed by atoms with E-state index in [-0.39, 0.29) is 19.1 Å². The Balaban J connectivity index is 1.55. The highest BCUT2D eigenvalue weighted by Crippen LogP contribution is 2.29. The molecule has 0 atom stereocenters. The Labute approximate surface area is 174 Å². The lowest BCUT2D eigenvalue weighted by atomic mass is 10.2. The number of aromatic nitrogens is 1. The van der Waals surface area contributed by atoms with Gasteiger partial charge in [0.2, 0.25) is 0 Å². The van der Waals surface area contributed by atoms with E-state index >= 15 is 0 Å². The molecule has 1 amide bonds. The van der Waals surface area contributed by atoms with Crippen LogP contribution in [-0.2, 0) is 28.0 Å². The molecule has 1 aliphatic rings. The van der Waals surface area contributed by atoms with Gasteiger partial charge in [-0.2, -0.15) is 17.0 Å². The molecule has 3 rings (SSSR count). The van der Waals surface area contributed by atoms with Crippen LogP contribution in [0, 0.1) is 0 Å². The molecule has 1 aromatic heterocycles. The molecule has 1 aliphatic heterocycles. The van der Waals surface area contributed by atoms with Crippen LogP contribution in [-0.4, -0.2) is 61.8 Å². The second-order valence-corrected chi connectivity index (χ2v) is 9.73. The summed E-state index contributed by atoms with van der Waals surface area (Å²) in [6.07, 6.45) is 0.511. The minimum absolute atomic E-state index is 0.153. The lowest BCUT2D eigenvalue weighted by molar-refractivity contribution is -0.118. The quantitative estimate of drug-likeness (QED) is 0.671. The molecule has 0 fully saturated rings. The van der Waals surface area contributed by atoms with Gasteiger partial charge < -0.3 is 9.47 Å². The molecule has 0 spiro atoms. The molecular weight excluding hydrogens is 416 g/mol. The molecule has 9 nitrogen and oxygen atoms in total. The largest absolute Gasteiger partial charge is 0.494 e. The van der Waals surface area contributed by atoms with Gasteiger partial charge in [0.1, 0.15) is 11.5 Å². The van der Waals surface area contributed by atoms with Gasteiger partial charge in [0.25, 0.3) is 16.1 Å². The third kappa shape index (κ3) is 5.24. The fraction of sp³-hybridized carbons (Fsp3) is 0.444. The number of nitrogens with zero attached hydrogens (tertiary/aromatic N) is 3. The Morgan fingerprint density at radius 2 is 1.90 bits per heavy atom. The van der Waals surface area contributed by atoms with Crippen molar-refractivity contribution in [2.45, 2.75) is 19.9 Å². The van der Waals surface area contributed by atoms with E-state index in [0.717, 1.165) is 16.3 Å². The molecule has 0 saturated heterocycles. The average Bonchev–Trinajstić information content (AvgIpc) is 3.08. The predicted molar refractivity (Wildman–Crippen MR) is 111 cm³/mol. The molecule has 0 saturated carbocycles. The summed E-state index contributed by atoms with van der Waals surface area (Å²) in [5.41, 5.74) is 0.822. The average molecular weight is 441 g/mol. The number of amides is 1. The Morgan fingerprint density at radius 1 is 1.24 bits per heavy atom. The topological polar surface area (TPSA) is 101 Å². The molecule has 29 heavy (non-hydrogen) atoms. The number of fused-ring (bicyclic) bond motifs is 1. The van der Waals surface area contributed by atoms with E-state index < -0.39 is 10.2 Å². The van der Waals surface area contributed by atoms with Gasteiger partial charge >= 0.3 is 0 Å². The minimum Gasteiger partial charge on any atom is -0.494 e. The lowest BCUT2D eigenvalue weighted by Crippen LogP contribution is -2.42. The number of rotatable bonds is 8. The Morgan fingerprint density at radius 3 is 2.52 bits per heavy atom. The van der Waals surface area contributed by atoms with Crippen LogP contribution in [0.4, 0.5) is 5.13 Å². The van der Waals surface area contributed by atoms with Crippen LogP contribution in [0.5, 0.6) is 11.5 Å². The maximum atomic E-state index is 12.3. The van der Waals surface area contributed by atoms with Crippen LogP contribution in [0.25, 0.3) is 0 Å². The first-order valence-electron chi connectivity index (χ1n) is 9.11. The summed E-state index contributed by atoms with van der Waals surface area (Å²) in [5, 5.41) is 3.16. The van der Waals surface area contributed by atoms with Crippen molar-refractivity contribution >= 4 is 32.6 Å². The fourth-order valence-electron chi connectivity index (χ4n) is 2.76. The first kappa shape index (κ1) is 21.5. The van der Waals surface area contributed by atoms with E-state index in [1.165, 1.54) is 34.0 Å². The van der Waals surface area contributed by atoms with Crippen LogP contribution < -0.4 is 14.8 Å². The number of nitrogens with one attached hydrogen (secondary N) is 1. The predicted octanol–water partition coefficient (Wildman–Crippen LogP) is 1.72. The molecule has 1 N–H and O–H groups in total. The maximum Gasteiger partial charge on any atom is 0.281 e. The van der Waals surface area contributed by atoms with Gasteiger partial charge in [-0.15, -0.1) is 11.3 Å². The van der Waals surface area contributed by atoms with E-state index in [0.29, 0.717) is 30.5 Å². The van der Waals surface area contributed by atoms with Crippen molar-refractivity contribution in [3.63, 3.8) is 0 Å². The molecule has 158 valence electrons. The van der Waals surface area contributed by atoms with E-state index in [1.54, 1.807) is 24.3 Å². The summed E-state index contributed by atoms with van der Waals surface area (Å²) in [6, 6.07) is 7.03. The number of ether oxygens (including phenoxy) is 2. The molecule has 1 aromatic carbocycles. The lowest BCUT2D eigenvalue weighted by Gasteiger charge is -2.27. The summed E-state index contributed by atoms with van der Waals surface area (Å²) in [5.74, 6) is 0.970. The monoisotopic (exact) mass is 440 g/mol. The highest BCUT2D eigenvalue weighted by molar-refractivity contribution is 7.86. The molecule has 11 heteroatoms. The number of hydrogen-bond acceptors (Lipinski definition) is 7. The zero-order valence-electron chi connectivity index (χ0n) is 16.5. The molecule has 2 aromatic rings. The summed E-state index contributed by atoms with van der Waals surface area (Å²) >= 11 is 1.28. The number of carbonyl (C=O) groups is 1. The molecule has 2 heterocycles. The third-order valence-corrected chi connectivity index (χ3v) is 7.12. The van der Waals surface area contributed by atoms with Gasteiger partial charge in [-0.25, -0.2) is 4.98 Å². The van der Waals surface area contributed by atoms with Gasteiger partial charge in [-0.1, -0.05) is 0 Å². The molecule has 0 radical (unpaired) electrons. The first-order chi connectivity index (χ1) is 13.8. The van der Waals surface area contributed by atoms with Gasteiger partial charge in [-0.3, -0.25) is 10.1 Å². The maximum absolute atomic E-state index is 12.3. The number of hydrogen-bond donors (Lipinski definition) is 1. The second kappa shape index (κ2) is 9.08. The van der Waals surface area contributed by atoms with Gasteiger partial charge in [0.15, 0.2) is 11.7 Å². The van der Waals surface area contributed by atoms with Gasteiger partial charge in [0, 0.05) is 31.9 Å². The number of benzene rings is 1. The van der Waals surface area contributed by atoms with Crippen LogP contribution in [0.3, 0.4) is 0 Å². The third-order valence-electron chi connectivity index (χ3n) is 4.23. The van der Waals surface area contributed by atoms with Crippen molar-refractivity contribution in [2.75, 3.05) is 39.2 Å². The van der Waals surface area contributed by atoms with Gasteiger partial charge in [0.05, 0.1) is 18.8 Å². The van der Waals surface area contributed by atoms with Crippen LogP contribution in [0.15, 0.2) is 24.3 Å².